The molecular formula is C23H20N2O3. The van der Waals surface area contributed by atoms with E-state index in [9.17, 15) is 4.79 Å². The van der Waals surface area contributed by atoms with E-state index in [1.165, 1.54) is 0 Å². The minimum Gasteiger partial charge on any atom is -0.490 e. The van der Waals surface area contributed by atoms with Gasteiger partial charge in [-0.15, -0.1) is 0 Å². The Morgan fingerprint density at radius 1 is 0.929 bits per heavy atom. The molecule has 1 N–H and O–H groups in total. The summed E-state index contributed by atoms with van der Waals surface area (Å²) in [4.78, 5) is 12.2. The molecule has 0 spiro atoms. The monoisotopic (exact) mass is 372 g/mol. The molecule has 28 heavy (non-hydrogen) atoms. The number of hydrazone groups is 1. The predicted molar refractivity (Wildman–Crippen MR) is 110 cm³/mol. The van der Waals surface area contributed by atoms with Gasteiger partial charge in [-0.2, -0.15) is 5.10 Å². The first-order valence-corrected chi connectivity index (χ1v) is 8.75. The van der Waals surface area contributed by atoms with Crippen LogP contribution >= 0.6 is 0 Å². The molecule has 3 aromatic rings. The van der Waals surface area contributed by atoms with Crippen molar-refractivity contribution in [3.05, 3.63) is 103 Å². The van der Waals surface area contributed by atoms with Gasteiger partial charge in [0.2, 0.25) is 0 Å². The average molecular weight is 372 g/mol. The standard InChI is InChI=1S/C23H20N2O3/c1-2-15-27-20-13-11-19(12-14-20)23(26)25-24-17-18-7-6-10-22(16-18)28-21-8-4-3-5-9-21/h2-14,16-17H,1,15H2,(H,25,26). The third kappa shape index (κ3) is 5.57. The molecule has 3 rings (SSSR count). The molecule has 1 amide bonds. The van der Waals surface area contributed by atoms with E-state index in [4.69, 9.17) is 9.47 Å². The smallest absolute Gasteiger partial charge is 0.271 e. The van der Waals surface area contributed by atoms with E-state index in [0.717, 1.165) is 11.3 Å². The minimum atomic E-state index is -0.303. The number of amides is 1. The van der Waals surface area contributed by atoms with Crippen LogP contribution in [0, 0.1) is 0 Å². The van der Waals surface area contributed by atoms with Gasteiger partial charge in [0, 0.05) is 5.56 Å². The first-order valence-electron chi connectivity index (χ1n) is 8.75. The van der Waals surface area contributed by atoms with E-state index in [1.807, 2.05) is 54.6 Å². The maximum Gasteiger partial charge on any atom is 0.271 e. The summed E-state index contributed by atoms with van der Waals surface area (Å²) in [5.41, 5.74) is 3.81. The first kappa shape index (κ1) is 18.9. The summed E-state index contributed by atoms with van der Waals surface area (Å²) in [5, 5.41) is 4.01. The normalized spacial score (nSPS) is 10.4. The van der Waals surface area contributed by atoms with Gasteiger partial charge >= 0.3 is 0 Å². The minimum absolute atomic E-state index is 0.303. The zero-order valence-electron chi connectivity index (χ0n) is 15.2. The van der Waals surface area contributed by atoms with Crippen molar-refractivity contribution in [1.82, 2.24) is 5.43 Å². The van der Waals surface area contributed by atoms with Crippen LogP contribution in [0.4, 0.5) is 0 Å². The fourth-order valence-corrected chi connectivity index (χ4v) is 2.37. The Labute approximate surface area is 163 Å². The fourth-order valence-electron chi connectivity index (χ4n) is 2.37. The van der Waals surface area contributed by atoms with Crippen molar-refractivity contribution >= 4 is 12.1 Å². The van der Waals surface area contributed by atoms with Crippen LogP contribution in [0.2, 0.25) is 0 Å². The second kappa shape index (κ2) is 9.73. The first-order chi connectivity index (χ1) is 13.7. The maximum atomic E-state index is 12.2. The van der Waals surface area contributed by atoms with E-state index in [2.05, 4.69) is 17.1 Å². The highest BCUT2D eigenvalue weighted by atomic mass is 16.5. The van der Waals surface area contributed by atoms with Crippen molar-refractivity contribution in [2.75, 3.05) is 6.61 Å². The Bertz CT molecular complexity index is 951. The van der Waals surface area contributed by atoms with Crippen molar-refractivity contribution in [2.24, 2.45) is 5.10 Å². The molecule has 0 saturated carbocycles. The van der Waals surface area contributed by atoms with Crippen molar-refractivity contribution < 1.29 is 14.3 Å². The second-order valence-electron chi connectivity index (χ2n) is 5.81. The Kier molecular flexibility index (Phi) is 6.57. The summed E-state index contributed by atoms with van der Waals surface area (Å²) in [7, 11) is 0. The van der Waals surface area contributed by atoms with E-state index in [0.29, 0.717) is 23.7 Å². The lowest BCUT2D eigenvalue weighted by atomic mass is 10.2. The number of hydrogen-bond donors (Lipinski definition) is 1. The van der Waals surface area contributed by atoms with Gasteiger partial charge in [0.15, 0.2) is 0 Å². The lowest BCUT2D eigenvalue weighted by Crippen LogP contribution is -2.17. The summed E-state index contributed by atoms with van der Waals surface area (Å²) < 4.78 is 11.2. The van der Waals surface area contributed by atoms with Gasteiger partial charge in [0.1, 0.15) is 23.9 Å². The number of carbonyl (C=O) groups excluding carboxylic acids is 1. The number of nitrogens with one attached hydrogen (secondary N) is 1. The van der Waals surface area contributed by atoms with Gasteiger partial charge in [-0.25, -0.2) is 5.43 Å². The third-order valence-corrected chi connectivity index (χ3v) is 3.70. The summed E-state index contributed by atoms with van der Waals surface area (Å²) in [6.07, 6.45) is 3.23. The second-order valence-corrected chi connectivity index (χ2v) is 5.81. The van der Waals surface area contributed by atoms with Crippen molar-refractivity contribution in [3.63, 3.8) is 0 Å². The lowest BCUT2D eigenvalue weighted by Gasteiger charge is -2.06. The average Bonchev–Trinajstić information content (AvgIpc) is 2.73. The molecule has 0 atom stereocenters. The van der Waals surface area contributed by atoms with Crippen LogP contribution in [0.1, 0.15) is 15.9 Å². The van der Waals surface area contributed by atoms with Gasteiger partial charge in [0.05, 0.1) is 6.21 Å². The van der Waals surface area contributed by atoms with Crippen molar-refractivity contribution in [3.8, 4) is 17.2 Å². The zero-order valence-corrected chi connectivity index (χ0v) is 15.2. The molecule has 0 fully saturated rings. The molecule has 0 heterocycles. The van der Waals surface area contributed by atoms with Gasteiger partial charge in [-0.1, -0.05) is 43.0 Å². The highest BCUT2D eigenvalue weighted by Gasteiger charge is 2.04. The van der Waals surface area contributed by atoms with Crippen LogP contribution in [0.25, 0.3) is 0 Å². The number of nitrogens with zero attached hydrogens (tertiary/aromatic N) is 1. The van der Waals surface area contributed by atoms with Crippen LogP contribution < -0.4 is 14.9 Å². The number of ether oxygens (including phenoxy) is 2. The topological polar surface area (TPSA) is 59.9 Å². The van der Waals surface area contributed by atoms with Crippen LogP contribution in [-0.2, 0) is 0 Å². The highest BCUT2D eigenvalue weighted by molar-refractivity contribution is 5.95. The summed E-state index contributed by atoms with van der Waals surface area (Å²) in [5.74, 6) is 1.82. The molecule has 0 saturated heterocycles. The molecular weight excluding hydrogens is 352 g/mol. The third-order valence-electron chi connectivity index (χ3n) is 3.70. The SMILES string of the molecule is C=CCOc1ccc(C(=O)NN=Cc2cccc(Oc3ccccc3)c2)cc1. The molecule has 3 aromatic carbocycles. The number of benzene rings is 3. The zero-order chi connectivity index (χ0) is 19.6. The molecule has 0 aliphatic heterocycles. The number of para-hydroxylation sites is 1. The van der Waals surface area contributed by atoms with Crippen LogP contribution in [0.15, 0.2) is 96.6 Å². The van der Waals surface area contributed by atoms with Gasteiger partial charge in [0.25, 0.3) is 5.91 Å². The Morgan fingerprint density at radius 2 is 1.68 bits per heavy atom. The molecule has 0 bridgehead atoms. The molecule has 0 radical (unpaired) electrons. The molecule has 140 valence electrons. The highest BCUT2D eigenvalue weighted by Crippen LogP contribution is 2.21. The van der Waals surface area contributed by atoms with E-state index in [1.54, 1.807) is 36.6 Å². The van der Waals surface area contributed by atoms with Gasteiger partial charge < -0.3 is 9.47 Å². The maximum absolute atomic E-state index is 12.2. The number of rotatable bonds is 8. The quantitative estimate of drug-likeness (QED) is 0.351. The summed E-state index contributed by atoms with van der Waals surface area (Å²) in [6, 6.07) is 23.8. The molecule has 0 unspecified atom stereocenters. The number of hydrogen-bond acceptors (Lipinski definition) is 4. The Hall–Kier alpha value is -3.86. The van der Waals surface area contributed by atoms with Crippen LogP contribution in [-0.4, -0.2) is 18.7 Å². The van der Waals surface area contributed by atoms with Crippen molar-refractivity contribution in [1.29, 1.82) is 0 Å². The molecule has 0 aliphatic carbocycles. The van der Waals surface area contributed by atoms with Crippen molar-refractivity contribution in [2.45, 2.75) is 0 Å². The largest absolute Gasteiger partial charge is 0.490 e. The molecule has 0 aromatic heterocycles. The molecule has 5 nitrogen and oxygen atoms in total. The Morgan fingerprint density at radius 3 is 2.43 bits per heavy atom. The molecule has 5 heteroatoms. The fraction of sp³-hybridized carbons (Fsp3) is 0.0435. The van der Waals surface area contributed by atoms with E-state index in [-0.39, 0.29) is 5.91 Å². The van der Waals surface area contributed by atoms with E-state index < -0.39 is 0 Å². The summed E-state index contributed by atoms with van der Waals surface area (Å²) in [6.45, 7) is 4.01. The number of carbonyl (C=O) groups is 1. The predicted octanol–water partition coefficient (Wildman–Crippen LogP) is 4.81. The Balaban J connectivity index is 1.57. The van der Waals surface area contributed by atoms with E-state index >= 15 is 0 Å². The van der Waals surface area contributed by atoms with Gasteiger partial charge in [-0.3, -0.25) is 4.79 Å². The molecule has 0 aliphatic rings. The lowest BCUT2D eigenvalue weighted by molar-refractivity contribution is 0.0955. The van der Waals surface area contributed by atoms with Crippen LogP contribution in [0.5, 0.6) is 17.2 Å². The van der Waals surface area contributed by atoms with Crippen LogP contribution in [0.3, 0.4) is 0 Å². The van der Waals surface area contributed by atoms with Gasteiger partial charge in [-0.05, 0) is 54.1 Å². The summed E-state index contributed by atoms with van der Waals surface area (Å²) >= 11 is 0.